The molecule has 0 unspecified atom stereocenters. The molecule has 1 aromatic rings. The first-order valence-corrected chi connectivity index (χ1v) is 8.81. The number of carbonyl (C=O) groups is 2. The van der Waals surface area contributed by atoms with Gasteiger partial charge in [-0.2, -0.15) is 0 Å². The van der Waals surface area contributed by atoms with Crippen LogP contribution in [0.25, 0.3) is 0 Å². The molecular weight excluding hydrogens is 304 g/mol. The number of aliphatic hydroxyl groups excluding tert-OH is 1. The van der Waals surface area contributed by atoms with Crippen molar-refractivity contribution >= 4 is 11.8 Å². The number of likely N-dealkylation sites (tertiary alicyclic amines) is 1. The molecule has 1 aliphatic carbocycles. The molecule has 1 aromatic carbocycles. The van der Waals surface area contributed by atoms with Gasteiger partial charge in [0.1, 0.15) is 5.54 Å². The fourth-order valence-corrected chi connectivity index (χ4v) is 4.13. The number of aliphatic hydroxyl groups is 1. The Hall–Kier alpha value is -1.88. The van der Waals surface area contributed by atoms with Crippen LogP contribution in [0.1, 0.15) is 50.5 Å². The smallest absolute Gasteiger partial charge is 0.248 e. The molecule has 2 N–H and O–H groups in total. The topological polar surface area (TPSA) is 69.6 Å². The van der Waals surface area contributed by atoms with E-state index in [0.29, 0.717) is 38.3 Å². The lowest BCUT2D eigenvalue weighted by Gasteiger charge is -2.41. The van der Waals surface area contributed by atoms with Crippen LogP contribution >= 0.6 is 0 Å². The average Bonchev–Trinajstić information content (AvgIpc) is 3.01. The van der Waals surface area contributed by atoms with E-state index < -0.39 is 11.6 Å². The maximum Gasteiger partial charge on any atom is 0.248 e. The summed E-state index contributed by atoms with van der Waals surface area (Å²) in [4.78, 5) is 26.5. The third-order valence-corrected chi connectivity index (χ3v) is 5.39. The van der Waals surface area contributed by atoms with Crippen LogP contribution < -0.4 is 5.32 Å². The van der Waals surface area contributed by atoms with E-state index in [-0.39, 0.29) is 11.8 Å². The molecule has 24 heavy (non-hydrogen) atoms. The molecule has 2 amide bonds. The van der Waals surface area contributed by atoms with Gasteiger partial charge in [-0.3, -0.25) is 9.59 Å². The Morgan fingerprint density at radius 1 is 1.17 bits per heavy atom. The number of rotatable bonds is 3. The second-order valence-corrected chi connectivity index (χ2v) is 7.14. The Balaban J connectivity index is 1.74. The molecular formula is C19H26N2O3. The van der Waals surface area contributed by atoms with Gasteiger partial charge in [-0.25, -0.2) is 0 Å². The molecule has 1 heterocycles. The number of nitrogens with zero attached hydrogens (tertiary/aromatic N) is 1. The van der Waals surface area contributed by atoms with Gasteiger partial charge < -0.3 is 15.3 Å². The summed E-state index contributed by atoms with van der Waals surface area (Å²) in [7, 11) is 0. The lowest BCUT2D eigenvalue weighted by molar-refractivity contribution is -0.142. The first-order valence-electron chi connectivity index (χ1n) is 8.81. The number of hydrogen-bond donors (Lipinski definition) is 2. The van der Waals surface area contributed by atoms with Gasteiger partial charge in [0.2, 0.25) is 11.8 Å². The average molecular weight is 330 g/mol. The van der Waals surface area contributed by atoms with Crippen LogP contribution in [0.5, 0.6) is 0 Å². The molecule has 3 rings (SSSR count). The third-order valence-electron chi connectivity index (χ3n) is 5.39. The van der Waals surface area contributed by atoms with E-state index in [9.17, 15) is 14.7 Å². The number of benzene rings is 1. The number of amides is 2. The zero-order valence-electron chi connectivity index (χ0n) is 14.2. The minimum atomic E-state index is -0.804. The van der Waals surface area contributed by atoms with Crippen molar-refractivity contribution in [2.45, 2.75) is 56.6 Å². The lowest BCUT2D eigenvalue weighted by Crippen LogP contribution is -2.60. The van der Waals surface area contributed by atoms with Crippen molar-refractivity contribution in [1.29, 1.82) is 0 Å². The second-order valence-electron chi connectivity index (χ2n) is 7.14. The summed E-state index contributed by atoms with van der Waals surface area (Å²) in [5, 5.41) is 12.7. The van der Waals surface area contributed by atoms with Gasteiger partial charge in [0, 0.05) is 20.0 Å². The molecule has 0 radical (unpaired) electrons. The lowest BCUT2D eigenvalue weighted by atomic mass is 9.73. The number of carbonyl (C=O) groups excluding carboxylic acids is 2. The van der Waals surface area contributed by atoms with Crippen molar-refractivity contribution in [2.75, 3.05) is 13.1 Å². The summed E-state index contributed by atoms with van der Waals surface area (Å²) in [5.74, 6) is 0.243. The monoisotopic (exact) mass is 330 g/mol. The molecule has 1 aliphatic heterocycles. The van der Waals surface area contributed by atoms with E-state index in [2.05, 4.69) is 17.4 Å². The summed E-state index contributed by atoms with van der Waals surface area (Å²) in [6, 6.07) is 10.4. The molecule has 0 bridgehead atoms. The molecule has 2 fully saturated rings. The highest BCUT2D eigenvalue weighted by atomic mass is 16.3. The van der Waals surface area contributed by atoms with Crippen molar-refractivity contribution in [3.63, 3.8) is 0 Å². The van der Waals surface area contributed by atoms with Gasteiger partial charge in [-0.1, -0.05) is 30.3 Å². The Kier molecular flexibility index (Phi) is 4.90. The number of β-amino-alcohol motifs (C(OH)–C–C–N with tert-alkyl or cyclic N) is 1. The van der Waals surface area contributed by atoms with E-state index in [4.69, 9.17) is 0 Å². The van der Waals surface area contributed by atoms with Crippen LogP contribution in [0.4, 0.5) is 0 Å². The van der Waals surface area contributed by atoms with Gasteiger partial charge in [-0.05, 0) is 43.6 Å². The van der Waals surface area contributed by atoms with Gasteiger partial charge in [0.25, 0.3) is 0 Å². The molecule has 5 nitrogen and oxygen atoms in total. The molecule has 2 aliphatic rings. The first-order chi connectivity index (χ1) is 11.5. The summed E-state index contributed by atoms with van der Waals surface area (Å²) in [5.41, 5.74) is 0.499. The van der Waals surface area contributed by atoms with Crippen molar-refractivity contribution in [3.05, 3.63) is 35.9 Å². The standard InChI is InChI=1S/C19H26N2O3/c1-14(22)20-19(18(24)21-12-9-17(23)13-21)10-7-16(8-11-19)15-5-3-2-4-6-15/h2-6,16-17,23H,7-13H2,1H3,(H,20,22)/t16?,17-,19?/m0/s1. The van der Waals surface area contributed by atoms with Crippen LogP contribution in [0.2, 0.25) is 0 Å². The summed E-state index contributed by atoms with van der Waals surface area (Å²) < 4.78 is 0. The minimum absolute atomic E-state index is 0.0271. The largest absolute Gasteiger partial charge is 0.391 e. The Labute approximate surface area is 143 Å². The molecule has 1 atom stereocenters. The number of nitrogens with one attached hydrogen (secondary N) is 1. The minimum Gasteiger partial charge on any atom is -0.391 e. The van der Waals surface area contributed by atoms with Crippen molar-refractivity contribution in [1.82, 2.24) is 10.2 Å². The van der Waals surface area contributed by atoms with Crippen LogP contribution in [-0.2, 0) is 9.59 Å². The molecule has 0 aromatic heterocycles. The van der Waals surface area contributed by atoms with Crippen LogP contribution in [0.15, 0.2) is 30.3 Å². The van der Waals surface area contributed by atoms with Crippen molar-refractivity contribution in [3.8, 4) is 0 Å². The van der Waals surface area contributed by atoms with Gasteiger partial charge in [0.05, 0.1) is 6.10 Å². The molecule has 1 saturated carbocycles. The SMILES string of the molecule is CC(=O)NC1(C(=O)N2CC[C@H](O)C2)CCC(c2ccccc2)CC1. The van der Waals surface area contributed by atoms with Crippen molar-refractivity contribution in [2.24, 2.45) is 0 Å². The zero-order chi connectivity index (χ0) is 17.2. The molecule has 130 valence electrons. The third kappa shape index (κ3) is 3.46. The first kappa shape index (κ1) is 17.0. The fourth-order valence-electron chi connectivity index (χ4n) is 4.13. The van der Waals surface area contributed by atoms with E-state index in [1.54, 1.807) is 4.90 Å². The summed E-state index contributed by atoms with van der Waals surface area (Å²) in [6.45, 7) is 2.42. The normalized spacial score (nSPS) is 30.2. The predicted octanol–water partition coefficient (Wildman–Crippen LogP) is 1.81. The summed E-state index contributed by atoms with van der Waals surface area (Å²) in [6.07, 6.45) is 3.24. The van der Waals surface area contributed by atoms with E-state index in [1.165, 1.54) is 12.5 Å². The Morgan fingerprint density at radius 3 is 2.38 bits per heavy atom. The second kappa shape index (κ2) is 6.93. The quantitative estimate of drug-likeness (QED) is 0.888. The zero-order valence-corrected chi connectivity index (χ0v) is 14.2. The maximum absolute atomic E-state index is 13.0. The highest BCUT2D eigenvalue weighted by Crippen LogP contribution is 2.39. The number of hydrogen-bond acceptors (Lipinski definition) is 3. The van der Waals surface area contributed by atoms with Crippen molar-refractivity contribution < 1.29 is 14.7 Å². The van der Waals surface area contributed by atoms with Crippen LogP contribution in [0.3, 0.4) is 0 Å². The van der Waals surface area contributed by atoms with Gasteiger partial charge in [0.15, 0.2) is 0 Å². The highest BCUT2D eigenvalue weighted by molar-refractivity contribution is 5.91. The Bertz CT molecular complexity index is 594. The Morgan fingerprint density at radius 2 is 1.83 bits per heavy atom. The van der Waals surface area contributed by atoms with Gasteiger partial charge >= 0.3 is 0 Å². The van der Waals surface area contributed by atoms with E-state index in [1.807, 2.05) is 18.2 Å². The van der Waals surface area contributed by atoms with E-state index in [0.717, 1.165) is 12.8 Å². The van der Waals surface area contributed by atoms with Gasteiger partial charge in [-0.15, -0.1) is 0 Å². The predicted molar refractivity (Wildman–Crippen MR) is 91.4 cm³/mol. The van der Waals surface area contributed by atoms with E-state index >= 15 is 0 Å². The molecule has 5 heteroatoms. The summed E-state index contributed by atoms with van der Waals surface area (Å²) >= 11 is 0. The highest BCUT2D eigenvalue weighted by Gasteiger charge is 2.46. The maximum atomic E-state index is 13.0. The van der Waals surface area contributed by atoms with Crippen LogP contribution in [-0.4, -0.2) is 46.6 Å². The fraction of sp³-hybridized carbons (Fsp3) is 0.579. The van der Waals surface area contributed by atoms with Crippen LogP contribution in [0, 0.1) is 0 Å². The molecule has 0 spiro atoms. The molecule has 1 saturated heterocycles.